The van der Waals surface area contributed by atoms with Crippen LogP contribution in [-0.2, 0) is 9.53 Å². The van der Waals surface area contributed by atoms with Gasteiger partial charge in [0.15, 0.2) is 0 Å². The Morgan fingerprint density at radius 3 is 2.31 bits per heavy atom. The summed E-state index contributed by atoms with van der Waals surface area (Å²) in [6, 6.07) is 7.04. The number of anilines is 2. The van der Waals surface area contributed by atoms with Crippen LogP contribution in [0.25, 0.3) is 5.69 Å². The Morgan fingerprint density at radius 2 is 1.77 bits per heavy atom. The van der Waals surface area contributed by atoms with E-state index in [0.717, 1.165) is 0 Å². The van der Waals surface area contributed by atoms with Gasteiger partial charge in [-0.05, 0) is 45.0 Å². The van der Waals surface area contributed by atoms with Gasteiger partial charge in [0.05, 0.1) is 24.2 Å². The van der Waals surface area contributed by atoms with Gasteiger partial charge in [0, 0.05) is 18.5 Å². The molecule has 0 aliphatic rings. The van der Waals surface area contributed by atoms with Gasteiger partial charge in [-0.1, -0.05) is 6.58 Å². The Morgan fingerprint density at radius 1 is 1.12 bits per heavy atom. The normalized spacial score (nSPS) is 10.8. The maximum Gasteiger partial charge on any atom is 0.412 e. The Balaban J connectivity index is 2.45. The van der Waals surface area contributed by atoms with Crippen molar-refractivity contribution < 1.29 is 19.1 Å². The van der Waals surface area contributed by atoms with Crippen molar-refractivity contribution in [2.75, 3.05) is 17.7 Å². The first-order valence-corrected chi connectivity index (χ1v) is 8.02. The van der Waals surface area contributed by atoms with E-state index < -0.39 is 11.7 Å². The van der Waals surface area contributed by atoms with Gasteiger partial charge >= 0.3 is 6.09 Å². The molecule has 7 nitrogen and oxygen atoms in total. The molecule has 0 spiro atoms. The van der Waals surface area contributed by atoms with E-state index in [9.17, 15) is 9.59 Å². The molecular weight excluding hydrogens is 334 g/mol. The van der Waals surface area contributed by atoms with Crippen LogP contribution in [-0.4, -0.2) is 29.3 Å². The predicted molar refractivity (Wildman–Crippen MR) is 101 cm³/mol. The van der Waals surface area contributed by atoms with Crippen LogP contribution in [0.4, 0.5) is 16.2 Å². The highest BCUT2D eigenvalue weighted by Crippen LogP contribution is 2.34. The van der Waals surface area contributed by atoms with Crippen molar-refractivity contribution in [2.24, 2.45) is 0 Å². The Labute approximate surface area is 152 Å². The number of rotatable bonds is 5. The maximum absolute atomic E-state index is 12.1. The molecule has 0 unspecified atom stereocenters. The number of ether oxygens (including phenoxy) is 2. The van der Waals surface area contributed by atoms with E-state index in [1.54, 1.807) is 32.9 Å². The number of methoxy groups -OCH3 is 1. The molecule has 2 aromatic rings. The van der Waals surface area contributed by atoms with Crippen molar-refractivity contribution in [3.05, 3.63) is 49.3 Å². The molecule has 1 aromatic heterocycles. The first kappa shape index (κ1) is 19.1. The Kier molecular flexibility index (Phi) is 5.71. The zero-order valence-corrected chi connectivity index (χ0v) is 15.3. The van der Waals surface area contributed by atoms with E-state index in [0.29, 0.717) is 22.8 Å². The molecule has 0 aliphatic heterocycles. The molecule has 0 radical (unpaired) electrons. The summed E-state index contributed by atoms with van der Waals surface area (Å²) < 4.78 is 12.5. The lowest BCUT2D eigenvalue weighted by Crippen LogP contribution is -2.27. The molecule has 2 amide bonds. The number of benzene rings is 1. The van der Waals surface area contributed by atoms with Crippen LogP contribution < -0.4 is 15.4 Å². The maximum atomic E-state index is 12.1. The highest BCUT2D eigenvalue weighted by molar-refractivity contribution is 6.01. The SMILES string of the molecule is C=CC(=O)Nc1cc(NC(=O)OC(C)(C)C)c(OC)cc1-n1cccc1. The summed E-state index contributed by atoms with van der Waals surface area (Å²) in [7, 11) is 1.50. The van der Waals surface area contributed by atoms with Crippen LogP contribution in [0, 0.1) is 0 Å². The van der Waals surface area contributed by atoms with E-state index in [4.69, 9.17) is 9.47 Å². The average Bonchev–Trinajstić information content (AvgIpc) is 3.07. The summed E-state index contributed by atoms with van der Waals surface area (Å²) in [5.41, 5.74) is 0.897. The van der Waals surface area contributed by atoms with E-state index >= 15 is 0 Å². The van der Waals surface area contributed by atoms with Gasteiger partial charge < -0.3 is 19.4 Å². The monoisotopic (exact) mass is 357 g/mol. The number of carbonyl (C=O) groups is 2. The molecule has 0 saturated carbocycles. The Bertz CT molecular complexity index is 805. The largest absolute Gasteiger partial charge is 0.494 e. The topological polar surface area (TPSA) is 81.6 Å². The van der Waals surface area contributed by atoms with Crippen molar-refractivity contribution in [1.29, 1.82) is 0 Å². The molecular formula is C19H23N3O4. The summed E-state index contributed by atoms with van der Waals surface area (Å²) in [6.07, 6.45) is 4.22. The molecule has 1 aromatic carbocycles. The quantitative estimate of drug-likeness (QED) is 0.794. The molecule has 2 rings (SSSR count). The second-order valence-electron chi connectivity index (χ2n) is 6.48. The van der Waals surface area contributed by atoms with Crippen LogP contribution in [0.2, 0.25) is 0 Å². The van der Waals surface area contributed by atoms with Crippen LogP contribution in [0.3, 0.4) is 0 Å². The lowest BCUT2D eigenvalue weighted by atomic mass is 10.2. The van der Waals surface area contributed by atoms with Gasteiger partial charge in [0.1, 0.15) is 11.4 Å². The fourth-order valence-corrected chi connectivity index (χ4v) is 2.24. The third kappa shape index (κ3) is 4.89. The van der Waals surface area contributed by atoms with E-state index in [2.05, 4.69) is 17.2 Å². The van der Waals surface area contributed by atoms with Gasteiger partial charge in [-0.3, -0.25) is 10.1 Å². The van der Waals surface area contributed by atoms with Crippen molar-refractivity contribution >= 4 is 23.4 Å². The zero-order chi connectivity index (χ0) is 19.3. The first-order valence-electron chi connectivity index (χ1n) is 8.02. The van der Waals surface area contributed by atoms with E-state index in [1.165, 1.54) is 13.2 Å². The average molecular weight is 357 g/mol. The molecule has 1 heterocycles. The molecule has 0 fully saturated rings. The number of aromatic nitrogens is 1. The number of nitrogens with one attached hydrogen (secondary N) is 2. The molecule has 2 N–H and O–H groups in total. The first-order chi connectivity index (χ1) is 12.2. The fraction of sp³-hybridized carbons (Fsp3) is 0.263. The summed E-state index contributed by atoms with van der Waals surface area (Å²) >= 11 is 0. The molecule has 0 bridgehead atoms. The van der Waals surface area contributed by atoms with Crippen LogP contribution in [0.1, 0.15) is 20.8 Å². The third-order valence-corrected chi connectivity index (χ3v) is 3.28. The Hall–Kier alpha value is -3.22. The highest BCUT2D eigenvalue weighted by Gasteiger charge is 2.19. The standard InChI is InChI=1S/C19H23N3O4/c1-6-17(23)20-13-11-14(21-18(24)26-19(2,3)4)16(25-5)12-15(13)22-9-7-8-10-22/h6-12H,1H2,2-5H3,(H,20,23)(H,21,24). The molecule has 7 heteroatoms. The highest BCUT2D eigenvalue weighted by atomic mass is 16.6. The van der Waals surface area contributed by atoms with Crippen LogP contribution >= 0.6 is 0 Å². The van der Waals surface area contributed by atoms with Crippen molar-refractivity contribution in [1.82, 2.24) is 4.57 Å². The lowest BCUT2D eigenvalue weighted by Gasteiger charge is -2.21. The molecule has 0 atom stereocenters. The molecule has 0 aliphatic carbocycles. The van der Waals surface area contributed by atoms with Gasteiger partial charge in [-0.2, -0.15) is 0 Å². The minimum atomic E-state index is -0.637. The summed E-state index contributed by atoms with van der Waals surface area (Å²) in [5.74, 6) is 0.0583. The summed E-state index contributed by atoms with van der Waals surface area (Å²) in [4.78, 5) is 23.9. The number of carbonyl (C=O) groups excluding carboxylic acids is 2. The van der Waals surface area contributed by atoms with Crippen LogP contribution in [0.15, 0.2) is 49.3 Å². The smallest absolute Gasteiger partial charge is 0.412 e. The van der Waals surface area contributed by atoms with Gasteiger partial charge in [0.25, 0.3) is 0 Å². The van der Waals surface area contributed by atoms with Gasteiger partial charge in [-0.15, -0.1) is 0 Å². The van der Waals surface area contributed by atoms with Crippen molar-refractivity contribution in [3.63, 3.8) is 0 Å². The number of nitrogens with zero attached hydrogens (tertiary/aromatic N) is 1. The minimum Gasteiger partial charge on any atom is -0.494 e. The molecule has 138 valence electrons. The predicted octanol–water partition coefficient (Wildman–Crippen LogP) is 3.96. The van der Waals surface area contributed by atoms with E-state index in [-0.39, 0.29) is 5.91 Å². The van der Waals surface area contributed by atoms with E-state index in [1.807, 2.05) is 29.1 Å². The summed E-state index contributed by atoms with van der Waals surface area (Å²) in [5, 5.41) is 5.39. The number of hydrogen-bond acceptors (Lipinski definition) is 4. The zero-order valence-electron chi connectivity index (χ0n) is 15.3. The second-order valence-corrected chi connectivity index (χ2v) is 6.48. The minimum absolute atomic E-state index is 0.369. The number of amides is 2. The molecule has 0 saturated heterocycles. The third-order valence-electron chi connectivity index (χ3n) is 3.28. The van der Waals surface area contributed by atoms with Gasteiger partial charge in [-0.25, -0.2) is 4.79 Å². The fourth-order valence-electron chi connectivity index (χ4n) is 2.24. The van der Waals surface area contributed by atoms with Crippen LogP contribution in [0.5, 0.6) is 5.75 Å². The second kappa shape index (κ2) is 7.77. The van der Waals surface area contributed by atoms with Crippen molar-refractivity contribution in [2.45, 2.75) is 26.4 Å². The number of hydrogen-bond donors (Lipinski definition) is 2. The summed E-state index contributed by atoms with van der Waals surface area (Å²) in [6.45, 7) is 8.78. The van der Waals surface area contributed by atoms with Crippen molar-refractivity contribution in [3.8, 4) is 11.4 Å². The van der Waals surface area contributed by atoms with Gasteiger partial charge in [0.2, 0.25) is 5.91 Å². The lowest BCUT2D eigenvalue weighted by molar-refractivity contribution is -0.111. The molecule has 26 heavy (non-hydrogen) atoms.